The molecule has 0 rings (SSSR count). The number of hydrogen-bond donors (Lipinski definition) is 2. The molecule has 0 radical (unpaired) electrons. The molecule has 70 valence electrons. The van der Waals surface area contributed by atoms with E-state index in [9.17, 15) is 0 Å². The van der Waals surface area contributed by atoms with E-state index in [1.54, 1.807) is 6.20 Å². The lowest BCUT2D eigenvalue weighted by Crippen LogP contribution is -2.14. The summed E-state index contributed by atoms with van der Waals surface area (Å²) in [7, 11) is 0. The average Bonchev–Trinajstić information content (AvgIpc) is 2.02. The van der Waals surface area contributed by atoms with Gasteiger partial charge in [-0.3, -0.25) is 0 Å². The van der Waals surface area contributed by atoms with Crippen molar-refractivity contribution in [2.45, 2.75) is 38.4 Å². The van der Waals surface area contributed by atoms with E-state index in [0.717, 1.165) is 18.5 Å². The van der Waals surface area contributed by atoms with Gasteiger partial charge < -0.3 is 5.32 Å². The quantitative estimate of drug-likeness (QED) is 0.627. The zero-order chi connectivity index (χ0) is 9.61. The van der Waals surface area contributed by atoms with Crippen LogP contribution in [0.2, 0.25) is 0 Å². The summed E-state index contributed by atoms with van der Waals surface area (Å²) >= 11 is 4.53. The van der Waals surface area contributed by atoms with Crippen LogP contribution in [0.15, 0.2) is 24.6 Å². The molecule has 0 amide bonds. The molecule has 0 aromatic rings. The highest BCUT2D eigenvalue weighted by molar-refractivity contribution is 7.81. The molecule has 0 bridgehead atoms. The normalized spacial score (nSPS) is 16.8. The van der Waals surface area contributed by atoms with Gasteiger partial charge in [0.2, 0.25) is 0 Å². The van der Waals surface area contributed by atoms with Gasteiger partial charge in [0.05, 0.1) is 0 Å². The van der Waals surface area contributed by atoms with Gasteiger partial charge in [-0.05, 0) is 26.0 Å². The molecule has 1 atom stereocenters. The first-order valence-electron chi connectivity index (χ1n) is 4.28. The number of thiol groups is 1. The van der Waals surface area contributed by atoms with Gasteiger partial charge in [-0.1, -0.05) is 26.5 Å². The lowest BCUT2D eigenvalue weighted by atomic mass is 10.0. The molecule has 1 nitrogen and oxygen atoms in total. The van der Waals surface area contributed by atoms with Crippen molar-refractivity contribution in [1.29, 1.82) is 0 Å². The Morgan fingerprint density at radius 1 is 1.67 bits per heavy atom. The van der Waals surface area contributed by atoms with Crippen molar-refractivity contribution < 1.29 is 0 Å². The van der Waals surface area contributed by atoms with Crippen LogP contribution in [0.5, 0.6) is 0 Å². The lowest BCUT2D eigenvalue weighted by Gasteiger charge is -2.19. The van der Waals surface area contributed by atoms with Crippen LogP contribution in [0.4, 0.5) is 0 Å². The minimum Gasteiger partial charge on any atom is -0.366 e. The molecule has 1 N–H and O–H groups in total. The Morgan fingerprint density at radius 2 is 2.25 bits per heavy atom. The highest BCUT2D eigenvalue weighted by atomic mass is 32.1. The summed E-state index contributed by atoms with van der Waals surface area (Å²) in [5.41, 5.74) is 1.14. The largest absolute Gasteiger partial charge is 0.366 e. The maximum atomic E-state index is 4.53. The Kier molecular flexibility index (Phi) is 5.14. The molecule has 0 aliphatic carbocycles. The van der Waals surface area contributed by atoms with Gasteiger partial charge in [-0.15, -0.1) is 0 Å². The molecule has 0 aliphatic rings. The Labute approximate surface area is 81.3 Å². The van der Waals surface area contributed by atoms with E-state index < -0.39 is 0 Å². The van der Waals surface area contributed by atoms with Gasteiger partial charge >= 0.3 is 0 Å². The third kappa shape index (κ3) is 5.30. The van der Waals surface area contributed by atoms with Crippen molar-refractivity contribution >= 4 is 12.6 Å². The van der Waals surface area contributed by atoms with Crippen LogP contribution in [0.3, 0.4) is 0 Å². The molecular formula is C10H19NS. The number of rotatable bonds is 5. The van der Waals surface area contributed by atoms with E-state index in [1.165, 1.54) is 0 Å². The first-order chi connectivity index (χ1) is 5.52. The Hall–Kier alpha value is -0.370. The first-order valence-corrected chi connectivity index (χ1v) is 4.73. The fourth-order valence-electron chi connectivity index (χ4n) is 0.737. The molecule has 2 heteroatoms. The zero-order valence-electron chi connectivity index (χ0n) is 8.22. The molecule has 0 aromatic carbocycles. The summed E-state index contributed by atoms with van der Waals surface area (Å²) in [6.07, 6.45) is 5.90. The summed E-state index contributed by atoms with van der Waals surface area (Å²) in [6, 6.07) is 0. The standard InChI is InChI=1S/C10H19NS/c1-5-10(4,12)8-7-9(3)11-6-2/h6-7,11-12H,2,5,8H2,1,3-4H3/b9-7+. The van der Waals surface area contributed by atoms with Gasteiger partial charge in [-0.25, -0.2) is 0 Å². The van der Waals surface area contributed by atoms with Crippen molar-refractivity contribution in [3.63, 3.8) is 0 Å². The predicted octanol–water partition coefficient (Wildman–Crippen LogP) is 3.11. The van der Waals surface area contributed by atoms with Crippen molar-refractivity contribution in [2.75, 3.05) is 0 Å². The molecule has 0 saturated heterocycles. The van der Waals surface area contributed by atoms with Gasteiger partial charge in [0, 0.05) is 10.4 Å². The van der Waals surface area contributed by atoms with Crippen LogP contribution in [-0.2, 0) is 0 Å². The first kappa shape index (κ1) is 11.6. The molecular weight excluding hydrogens is 166 g/mol. The van der Waals surface area contributed by atoms with E-state index in [2.05, 4.69) is 44.4 Å². The lowest BCUT2D eigenvalue weighted by molar-refractivity contribution is 0.632. The smallest absolute Gasteiger partial charge is 0.0134 e. The minimum atomic E-state index is 0.115. The third-order valence-corrected chi connectivity index (χ3v) is 2.44. The number of nitrogens with one attached hydrogen (secondary N) is 1. The van der Waals surface area contributed by atoms with Crippen molar-refractivity contribution in [1.82, 2.24) is 5.32 Å². The van der Waals surface area contributed by atoms with Crippen LogP contribution in [0, 0.1) is 0 Å². The molecule has 12 heavy (non-hydrogen) atoms. The van der Waals surface area contributed by atoms with E-state index in [0.29, 0.717) is 0 Å². The van der Waals surface area contributed by atoms with E-state index in [1.807, 2.05) is 6.92 Å². The summed E-state index contributed by atoms with van der Waals surface area (Å²) in [4.78, 5) is 0. The van der Waals surface area contributed by atoms with E-state index in [-0.39, 0.29) is 4.75 Å². The second-order valence-corrected chi connectivity index (χ2v) is 4.37. The van der Waals surface area contributed by atoms with E-state index in [4.69, 9.17) is 0 Å². The maximum Gasteiger partial charge on any atom is 0.0134 e. The fraction of sp³-hybridized carbons (Fsp3) is 0.600. The predicted molar refractivity (Wildman–Crippen MR) is 59.4 cm³/mol. The molecule has 0 saturated carbocycles. The summed E-state index contributed by atoms with van der Waals surface area (Å²) in [5, 5.41) is 3.03. The van der Waals surface area contributed by atoms with Gasteiger partial charge in [0.15, 0.2) is 0 Å². The van der Waals surface area contributed by atoms with Crippen LogP contribution >= 0.6 is 12.6 Å². The SMILES string of the molecule is C=CN/C(C)=C/CC(C)(S)CC. The molecule has 0 fully saturated rings. The van der Waals surface area contributed by atoms with Crippen LogP contribution in [0.1, 0.15) is 33.6 Å². The Bertz CT molecular complexity index is 171. The Balaban J connectivity index is 3.93. The van der Waals surface area contributed by atoms with Crippen LogP contribution in [0.25, 0.3) is 0 Å². The second kappa shape index (κ2) is 5.31. The van der Waals surface area contributed by atoms with Gasteiger partial charge in [0.25, 0.3) is 0 Å². The third-order valence-electron chi connectivity index (χ3n) is 1.94. The van der Waals surface area contributed by atoms with Crippen molar-refractivity contribution in [2.24, 2.45) is 0 Å². The number of allylic oxidation sites excluding steroid dienone is 2. The highest BCUT2D eigenvalue weighted by Gasteiger charge is 2.13. The van der Waals surface area contributed by atoms with Crippen molar-refractivity contribution in [3.05, 3.63) is 24.6 Å². The fourth-order valence-corrected chi connectivity index (χ4v) is 0.829. The van der Waals surface area contributed by atoms with Gasteiger partial charge in [-0.2, -0.15) is 12.6 Å². The molecule has 0 aliphatic heterocycles. The Morgan fingerprint density at radius 3 is 2.67 bits per heavy atom. The monoisotopic (exact) mass is 185 g/mol. The van der Waals surface area contributed by atoms with Crippen LogP contribution < -0.4 is 5.32 Å². The maximum absolute atomic E-state index is 4.53. The highest BCUT2D eigenvalue weighted by Crippen LogP contribution is 2.23. The molecule has 0 spiro atoms. The number of hydrogen-bond acceptors (Lipinski definition) is 2. The molecule has 1 unspecified atom stereocenters. The summed E-state index contributed by atoms with van der Waals surface area (Å²) in [5.74, 6) is 0. The van der Waals surface area contributed by atoms with Crippen LogP contribution in [-0.4, -0.2) is 4.75 Å². The van der Waals surface area contributed by atoms with Gasteiger partial charge in [0.1, 0.15) is 0 Å². The second-order valence-electron chi connectivity index (χ2n) is 3.29. The zero-order valence-corrected chi connectivity index (χ0v) is 9.12. The minimum absolute atomic E-state index is 0.115. The topological polar surface area (TPSA) is 12.0 Å². The summed E-state index contributed by atoms with van der Waals surface area (Å²) in [6.45, 7) is 9.92. The molecule has 0 aromatic heterocycles. The molecule has 0 heterocycles. The van der Waals surface area contributed by atoms with Crippen molar-refractivity contribution in [3.8, 4) is 0 Å². The summed E-state index contributed by atoms with van der Waals surface area (Å²) < 4.78 is 0.115. The van der Waals surface area contributed by atoms with E-state index >= 15 is 0 Å². The average molecular weight is 185 g/mol.